The molecule has 0 saturated carbocycles. The predicted molar refractivity (Wildman–Crippen MR) is 141 cm³/mol. The molecular weight excluding hydrogens is 472 g/mol. The topological polar surface area (TPSA) is 88.5 Å². The zero-order chi connectivity index (χ0) is 26.4. The molecule has 1 atom stereocenters. The van der Waals surface area contributed by atoms with Gasteiger partial charge >= 0.3 is 0 Å². The molecule has 2 aliphatic heterocycles. The zero-order valence-corrected chi connectivity index (χ0v) is 21.8. The third-order valence-electron chi connectivity index (χ3n) is 6.52. The molecule has 0 spiro atoms. The summed E-state index contributed by atoms with van der Waals surface area (Å²) in [5, 5.41) is 11.3. The molecular formula is C29H36N2O6. The average molecular weight is 509 g/mol. The minimum atomic E-state index is -0.690. The standard InChI is InChI=1S/C29H36N2O6/c1-4-36-23-10-8-22(9-11-23)27(32)25-26(21-6-12-24(13-7-21)37-20(2)3)31(29(34)28(25)33)15-5-14-30-16-18-35-19-17-30/h6-13,20,26,32H,4-5,14-19H2,1-3H3/b27-25+/t26-/m1/s1. The first-order valence-corrected chi connectivity index (χ1v) is 13.0. The van der Waals surface area contributed by atoms with Crippen LogP contribution in [0.5, 0.6) is 11.5 Å². The first-order chi connectivity index (χ1) is 17.9. The molecule has 2 aliphatic rings. The number of aliphatic hydroxyl groups excluding tert-OH is 1. The summed E-state index contributed by atoms with van der Waals surface area (Å²) < 4.78 is 16.7. The van der Waals surface area contributed by atoms with Crippen LogP contribution in [0.25, 0.3) is 5.76 Å². The first kappa shape index (κ1) is 26.7. The predicted octanol–water partition coefficient (Wildman–Crippen LogP) is 4.02. The maximum absolute atomic E-state index is 13.3. The van der Waals surface area contributed by atoms with Crippen molar-refractivity contribution in [1.29, 1.82) is 0 Å². The summed E-state index contributed by atoms with van der Waals surface area (Å²) in [6.07, 6.45) is 0.734. The Morgan fingerprint density at radius 3 is 2.27 bits per heavy atom. The van der Waals surface area contributed by atoms with Gasteiger partial charge in [-0.3, -0.25) is 14.5 Å². The van der Waals surface area contributed by atoms with Crippen LogP contribution in [0.2, 0.25) is 0 Å². The second-order valence-electron chi connectivity index (χ2n) is 9.49. The SMILES string of the molecule is CCOc1ccc(/C(O)=C2\C(=O)C(=O)N(CCCN3CCOCC3)[C@@H]2c2ccc(OC(C)C)cc2)cc1. The van der Waals surface area contributed by atoms with E-state index in [0.29, 0.717) is 49.8 Å². The van der Waals surface area contributed by atoms with Crippen LogP contribution in [-0.4, -0.2) is 78.7 Å². The number of hydrogen-bond acceptors (Lipinski definition) is 7. The van der Waals surface area contributed by atoms with E-state index in [1.165, 1.54) is 0 Å². The molecule has 0 bridgehead atoms. The molecule has 0 unspecified atom stereocenters. The highest BCUT2D eigenvalue weighted by Crippen LogP contribution is 2.40. The lowest BCUT2D eigenvalue weighted by Gasteiger charge is -2.29. The summed E-state index contributed by atoms with van der Waals surface area (Å²) in [5.74, 6) is -0.0914. The van der Waals surface area contributed by atoms with Crippen LogP contribution in [0.3, 0.4) is 0 Å². The van der Waals surface area contributed by atoms with E-state index >= 15 is 0 Å². The second-order valence-corrected chi connectivity index (χ2v) is 9.49. The van der Waals surface area contributed by atoms with Crippen molar-refractivity contribution >= 4 is 17.4 Å². The van der Waals surface area contributed by atoms with Crippen LogP contribution in [0.15, 0.2) is 54.1 Å². The third kappa shape index (κ3) is 6.32. The Morgan fingerprint density at radius 1 is 1.00 bits per heavy atom. The fourth-order valence-corrected chi connectivity index (χ4v) is 4.78. The van der Waals surface area contributed by atoms with Gasteiger partial charge in [-0.15, -0.1) is 0 Å². The summed E-state index contributed by atoms with van der Waals surface area (Å²) in [4.78, 5) is 30.4. The van der Waals surface area contributed by atoms with Crippen molar-refractivity contribution < 1.29 is 28.9 Å². The largest absolute Gasteiger partial charge is 0.507 e. The highest BCUT2D eigenvalue weighted by molar-refractivity contribution is 6.46. The number of nitrogens with zero attached hydrogens (tertiary/aromatic N) is 2. The molecule has 0 radical (unpaired) electrons. The lowest BCUT2D eigenvalue weighted by atomic mass is 9.95. The summed E-state index contributed by atoms with van der Waals surface area (Å²) in [6, 6.07) is 13.6. The minimum Gasteiger partial charge on any atom is -0.507 e. The monoisotopic (exact) mass is 508 g/mol. The Bertz CT molecular complexity index is 1100. The van der Waals surface area contributed by atoms with Crippen molar-refractivity contribution in [1.82, 2.24) is 9.80 Å². The van der Waals surface area contributed by atoms with Crippen LogP contribution in [-0.2, 0) is 14.3 Å². The molecule has 198 valence electrons. The Kier molecular flexibility index (Phi) is 8.84. The van der Waals surface area contributed by atoms with E-state index < -0.39 is 17.7 Å². The van der Waals surface area contributed by atoms with Gasteiger partial charge in [-0.2, -0.15) is 0 Å². The van der Waals surface area contributed by atoms with E-state index in [9.17, 15) is 14.7 Å². The van der Waals surface area contributed by atoms with Crippen LogP contribution < -0.4 is 9.47 Å². The average Bonchev–Trinajstić information content (AvgIpc) is 3.15. The number of hydrogen-bond donors (Lipinski definition) is 1. The number of morpholine rings is 1. The molecule has 8 heteroatoms. The van der Waals surface area contributed by atoms with Crippen molar-refractivity contribution in [3.63, 3.8) is 0 Å². The minimum absolute atomic E-state index is 0.0244. The maximum Gasteiger partial charge on any atom is 0.295 e. The number of ether oxygens (including phenoxy) is 3. The van der Waals surface area contributed by atoms with Crippen molar-refractivity contribution in [3.05, 3.63) is 65.2 Å². The molecule has 2 aromatic carbocycles. The summed E-state index contributed by atoms with van der Waals surface area (Å²) >= 11 is 0. The van der Waals surface area contributed by atoms with E-state index in [0.717, 1.165) is 25.2 Å². The lowest BCUT2D eigenvalue weighted by Crippen LogP contribution is -2.38. The van der Waals surface area contributed by atoms with E-state index in [1.807, 2.05) is 45.0 Å². The van der Waals surface area contributed by atoms with Gasteiger partial charge in [0.25, 0.3) is 11.7 Å². The van der Waals surface area contributed by atoms with Crippen LogP contribution in [0.4, 0.5) is 0 Å². The summed E-state index contributed by atoms with van der Waals surface area (Å²) in [6.45, 7) is 10.7. The van der Waals surface area contributed by atoms with Gasteiger partial charge < -0.3 is 24.2 Å². The highest BCUT2D eigenvalue weighted by Gasteiger charge is 2.45. The number of amides is 1. The molecule has 2 fully saturated rings. The number of likely N-dealkylation sites (tertiary alicyclic amines) is 1. The van der Waals surface area contributed by atoms with Gasteiger partial charge in [0.15, 0.2) is 0 Å². The van der Waals surface area contributed by atoms with E-state index in [4.69, 9.17) is 14.2 Å². The van der Waals surface area contributed by atoms with Gasteiger partial charge in [0, 0.05) is 31.7 Å². The van der Waals surface area contributed by atoms with Gasteiger partial charge in [0.05, 0.1) is 37.5 Å². The van der Waals surface area contributed by atoms with Crippen LogP contribution >= 0.6 is 0 Å². The van der Waals surface area contributed by atoms with Crippen molar-refractivity contribution in [2.75, 3.05) is 46.0 Å². The number of carbonyl (C=O) groups excluding carboxylic acids is 2. The van der Waals surface area contributed by atoms with Crippen LogP contribution in [0, 0.1) is 0 Å². The van der Waals surface area contributed by atoms with Gasteiger partial charge in [0.1, 0.15) is 17.3 Å². The molecule has 4 rings (SSSR count). The molecule has 0 aromatic heterocycles. The van der Waals surface area contributed by atoms with Gasteiger partial charge in [-0.05, 0) is 69.2 Å². The molecule has 0 aliphatic carbocycles. The van der Waals surface area contributed by atoms with Gasteiger partial charge in [-0.1, -0.05) is 12.1 Å². The van der Waals surface area contributed by atoms with Gasteiger partial charge in [0.2, 0.25) is 0 Å². The second kappa shape index (κ2) is 12.3. The number of carbonyl (C=O) groups is 2. The number of benzene rings is 2. The summed E-state index contributed by atoms with van der Waals surface area (Å²) in [7, 11) is 0. The fourth-order valence-electron chi connectivity index (χ4n) is 4.78. The van der Waals surface area contributed by atoms with Crippen molar-refractivity contribution in [2.24, 2.45) is 0 Å². The molecule has 2 saturated heterocycles. The molecule has 1 amide bonds. The Balaban J connectivity index is 1.65. The van der Waals surface area contributed by atoms with E-state index in [1.54, 1.807) is 29.2 Å². The highest BCUT2D eigenvalue weighted by atomic mass is 16.5. The molecule has 8 nitrogen and oxygen atoms in total. The van der Waals surface area contributed by atoms with Crippen LogP contribution in [0.1, 0.15) is 44.4 Å². The van der Waals surface area contributed by atoms with E-state index in [2.05, 4.69) is 4.90 Å². The Hall–Kier alpha value is -3.36. The molecule has 1 N–H and O–H groups in total. The molecule has 37 heavy (non-hydrogen) atoms. The number of aliphatic hydroxyl groups is 1. The Morgan fingerprint density at radius 2 is 1.65 bits per heavy atom. The zero-order valence-electron chi connectivity index (χ0n) is 21.8. The lowest BCUT2D eigenvalue weighted by molar-refractivity contribution is -0.140. The smallest absolute Gasteiger partial charge is 0.295 e. The molecule has 2 heterocycles. The number of ketones is 1. The maximum atomic E-state index is 13.3. The quantitative estimate of drug-likeness (QED) is 0.295. The van der Waals surface area contributed by atoms with Crippen molar-refractivity contribution in [3.8, 4) is 11.5 Å². The summed E-state index contributed by atoms with van der Waals surface area (Å²) in [5.41, 5.74) is 1.30. The van der Waals surface area contributed by atoms with Crippen molar-refractivity contribution in [2.45, 2.75) is 39.3 Å². The number of rotatable bonds is 10. The van der Waals surface area contributed by atoms with E-state index in [-0.39, 0.29) is 17.4 Å². The molecule has 2 aromatic rings. The Labute approximate surface area is 218 Å². The number of Topliss-reactive ketones (excluding diaryl/α,β-unsaturated/α-hetero) is 1. The fraction of sp³-hybridized carbons (Fsp3) is 0.448. The first-order valence-electron chi connectivity index (χ1n) is 13.0. The van der Waals surface area contributed by atoms with Gasteiger partial charge in [-0.25, -0.2) is 0 Å². The third-order valence-corrected chi connectivity index (χ3v) is 6.52. The normalized spacial score (nSPS) is 20.0.